The molecule has 0 amide bonds. The molecule has 0 aromatic rings. The van der Waals surface area contributed by atoms with E-state index in [1.54, 1.807) is 0 Å². The lowest BCUT2D eigenvalue weighted by Gasteiger charge is -2.12. The number of rotatable bonds is 3. The third kappa shape index (κ3) is 3.87. The minimum Gasteiger partial charge on any atom is -0.739 e. The van der Waals surface area contributed by atoms with Crippen LogP contribution in [0.25, 0.3) is 0 Å². The van der Waals surface area contributed by atoms with Crippen molar-refractivity contribution in [1.29, 1.82) is 0 Å². The van der Waals surface area contributed by atoms with Crippen LogP contribution in [0.15, 0.2) is 0 Å². The van der Waals surface area contributed by atoms with Gasteiger partial charge in [0.15, 0.2) is 0 Å². The van der Waals surface area contributed by atoms with Gasteiger partial charge in [-0.05, 0) is 0 Å². The molecule has 0 fully saturated rings. The number of aliphatic carboxylic acids is 1. The van der Waals surface area contributed by atoms with Gasteiger partial charge in [-0.2, -0.15) is 0 Å². The second kappa shape index (κ2) is 3.37. The number of aliphatic hydroxyl groups is 1. The van der Waals surface area contributed by atoms with Gasteiger partial charge in [-0.3, -0.25) is 0 Å². The molecule has 1 unspecified atom stereocenters. The minimum absolute atomic E-state index is 0.720. The number of carbonyl (C=O) groups excluding carboxylic acids is 2. The van der Waals surface area contributed by atoms with Crippen LogP contribution in [-0.2, 0) is 22.2 Å². The summed E-state index contributed by atoms with van der Waals surface area (Å²) in [6.07, 6.45) is -2.31. The van der Waals surface area contributed by atoms with E-state index in [2.05, 4.69) is 12.6 Å². The van der Waals surface area contributed by atoms with E-state index >= 15 is 0 Å². The maximum Gasteiger partial charge on any atom is 0.0958 e. The maximum atomic E-state index is 9.95. The van der Waals surface area contributed by atoms with Crippen molar-refractivity contribution in [2.45, 2.75) is 12.5 Å². The Morgan fingerprint density at radius 2 is 2.11 bits per heavy atom. The van der Waals surface area contributed by atoms with Gasteiger partial charge in [0.1, 0.15) is 0 Å². The van der Waals surface area contributed by atoms with E-state index < -0.39 is 23.6 Å². The van der Waals surface area contributed by atoms with Crippen LogP contribution < -0.4 is 5.11 Å². The van der Waals surface area contributed by atoms with E-state index in [9.17, 15) is 14.7 Å². The van der Waals surface area contributed by atoms with Gasteiger partial charge in [-0.25, -0.2) is 0 Å². The van der Waals surface area contributed by atoms with Gasteiger partial charge in [0, 0.05) is 17.5 Å². The molecule has 0 heterocycles. The summed E-state index contributed by atoms with van der Waals surface area (Å²) in [7, 11) is 0. The number of carboxylic acid groups (broad SMARTS) is 1. The summed E-state index contributed by atoms with van der Waals surface area (Å²) in [6, 6.07) is 0. The normalized spacial score (nSPS) is 12.6. The second-order valence-electron chi connectivity index (χ2n) is 1.41. The van der Waals surface area contributed by atoms with Gasteiger partial charge in [-0.1, -0.05) is 0 Å². The van der Waals surface area contributed by atoms with Crippen LogP contribution >= 0.6 is 0 Å². The van der Waals surface area contributed by atoms with Crippen molar-refractivity contribution in [3.05, 3.63) is 0 Å². The first-order valence-electron chi connectivity index (χ1n) is 2.13. The summed E-state index contributed by atoms with van der Waals surface area (Å²) in [5, 5.41) is 17.1. The molecule has 5 heteroatoms. The molecule has 0 aromatic heterocycles. The number of hydrogen-bond acceptors (Lipinski definition) is 5. The van der Waals surface area contributed by atoms with Crippen LogP contribution in [0.1, 0.15) is 6.42 Å². The first-order chi connectivity index (χ1) is 4.04. The predicted molar refractivity (Wildman–Crippen MR) is 28.0 cm³/mol. The Morgan fingerprint density at radius 3 is 2.22 bits per heavy atom. The lowest BCUT2D eigenvalue weighted by molar-refractivity contribution is -0.307. The fourth-order valence-corrected chi connectivity index (χ4v) is 0.325. The average Bonchev–Trinajstić information content (AvgIpc) is 1.63. The standard InChI is InChI=1S/C4H6O4S/c5-2(4(8)9)1-3(6)7/h2,5H,1H2,(H,6,7)(H,8,9)/p-2. The Labute approximate surface area is 56.9 Å². The van der Waals surface area contributed by atoms with E-state index in [1.165, 1.54) is 0 Å². The highest BCUT2D eigenvalue weighted by atomic mass is 32.1. The largest absolute Gasteiger partial charge is 0.739 e. The average molecular weight is 148 g/mol. The number of aliphatic hydroxyl groups excluding tert-OH is 1. The van der Waals surface area contributed by atoms with Gasteiger partial charge >= 0.3 is 0 Å². The number of carbonyl (C=O) groups is 2. The van der Waals surface area contributed by atoms with Crippen LogP contribution in [-0.4, -0.2) is 22.3 Å². The monoisotopic (exact) mass is 148 g/mol. The van der Waals surface area contributed by atoms with E-state index in [-0.39, 0.29) is 0 Å². The van der Waals surface area contributed by atoms with Crippen molar-refractivity contribution in [2.75, 3.05) is 0 Å². The zero-order valence-corrected chi connectivity index (χ0v) is 5.18. The topological polar surface area (TPSA) is 77.4 Å². The molecule has 1 N–H and O–H groups in total. The van der Waals surface area contributed by atoms with E-state index in [0.717, 1.165) is 0 Å². The molecule has 0 bridgehead atoms. The fourth-order valence-electron chi connectivity index (χ4n) is 0.241. The highest BCUT2D eigenvalue weighted by Crippen LogP contribution is 1.88. The molecule has 52 valence electrons. The minimum atomic E-state index is -1.59. The predicted octanol–water partition coefficient (Wildman–Crippen LogP) is -2.44. The highest BCUT2D eigenvalue weighted by Gasteiger charge is 2.02. The Kier molecular flexibility index (Phi) is 3.11. The van der Waals surface area contributed by atoms with Crippen molar-refractivity contribution >= 4 is 23.7 Å². The molecular weight excluding hydrogens is 144 g/mol. The molecule has 0 saturated heterocycles. The molecule has 0 aliphatic rings. The molecule has 0 aromatic carbocycles. The van der Waals surface area contributed by atoms with Gasteiger partial charge in [0.2, 0.25) is 0 Å². The summed E-state index contributed by atoms with van der Waals surface area (Å²) < 4.78 is 0. The van der Waals surface area contributed by atoms with Crippen molar-refractivity contribution in [3.8, 4) is 0 Å². The summed E-state index contributed by atoms with van der Waals surface area (Å²) in [4.78, 5) is 19.6. The molecule has 0 rings (SSSR count). The Bertz CT molecular complexity index is 133. The van der Waals surface area contributed by atoms with Gasteiger partial charge < -0.3 is 32.4 Å². The molecule has 4 nitrogen and oxygen atoms in total. The van der Waals surface area contributed by atoms with Gasteiger partial charge in [0.05, 0.1) is 6.10 Å². The van der Waals surface area contributed by atoms with Crippen LogP contribution in [0.4, 0.5) is 0 Å². The fraction of sp³-hybridized carbons (Fsp3) is 0.500. The third-order valence-corrected chi connectivity index (χ3v) is 0.904. The second-order valence-corrected chi connectivity index (χ2v) is 1.81. The SMILES string of the molecule is O=C([O-])CC(O)C(=O)[S-]. The smallest absolute Gasteiger partial charge is 0.0958 e. The molecule has 0 aliphatic carbocycles. The van der Waals surface area contributed by atoms with Crippen LogP contribution in [0.5, 0.6) is 0 Å². The third-order valence-electron chi connectivity index (χ3n) is 0.632. The molecule has 0 spiro atoms. The zero-order chi connectivity index (χ0) is 7.44. The first kappa shape index (κ1) is 8.32. The van der Waals surface area contributed by atoms with Crippen molar-refractivity contribution in [2.24, 2.45) is 0 Å². The van der Waals surface area contributed by atoms with Crippen LogP contribution in [0, 0.1) is 0 Å². The molecule has 9 heavy (non-hydrogen) atoms. The highest BCUT2D eigenvalue weighted by molar-refractivity contribution is 7.77. The molecule has 0 saturated carbocycles. The van der Waals surface area contributed by atoms with Crippen LogP contribution in [0.2, 0.25) is 0 Å². The van der Waals surface area contributed by atoms with E-state index in [1.807, 2.05) is 0 Å². The summed E-state index contributed by atoms with van der Waals surface area (Å²) in [5.74, 6) is -1.49. The molecule has 0 aliphatic heterocycles. The van der Waals surface area contributed by atoms with E-state index in [0.29, 0.717) is 0 Å². The van der Waals surface area contributed by atoms with Crippen molar-refractivity contribution in [1.82, 2.24) is 0 Å². The molecule has 1 atom stereocenters. The maximum absolute atomic E-state index is 9.95. The molecular formula is C4H4O4S-2. The Balaban J connectivity index is 3.63. The van der Waals surface area contributed by atoms with Gasteiger partial charge in [0.25, 0.3) is 0 Å². The summed E-state index contributed by atoms with van der Waals surface area (Å²) in [5.41, 5.74) is 0. The van der Waals surface area contributed by atoms with Gasteiger partial charge in [-0.15, -0.1) is 0 Å². The van der Waals surface area contributed by atoms with Crippen molar-refractivity contribution in [3.63, 3.8) is 0 Å². The molecule has 0 radical (unpaired) electrons. The Morgan fingerprint density at radius 1 is 1.67 bits per heavy atom. The lowest BCUT2D eigenvalue weighted by atomic mass is 10.3. The first-order valence-corrected chi connectivity index (χ1v) is 2.53. The number of carboxylic acids is 1. The summed E-state index contributed by atoms with van der Waals surface area (Å²) in [6.45, 7) is 0. The Hall–Kier alpha value is -0.680. The van der Waals surface area contributed by atoms with E-state index in [4.69, 9.17) is 5.11 Å². The summed E-state index contributed by atoms with van der Waals surface area (Å²) >= 11 is 3.94. The lowest BCUT2D eigenvalue weighted by Crippen LogP contribution is -2.30. The van der Waals surface area contributed by atoms with Crippen molar-refractivity contribution < 1.29 is 19.8 Å². The zero-order valence-electron chi connectivity index (χ0n) is 4.36. The number of hydrogen-bond donors (Lipinski definition) is 1. The van der Waals surface area contributed by atoms with Crippen LogP contribution in [0.3, 0.4) is 0 Å². The quantitative estimate of drug-likeness (QED) is 0.450.